The number of benzene rings is 7. The van der Waals surface area contributed by atoms with E-state index in [1.54, 1.807) is 0 Å². The Labute approximate surface area is 229 Å². The largest absolute Gasteiger partial charge is 0.0622 e. The molecule has 0 bridgehead atoms. The van der Waals surface area contributed by atoms with Crippen LogP contribution in [0, 0.1) is 0 Å². The zero-order chi connectivity index (χ0) is 26.1. The molecule has 0 heteroatoms. The molecule has 184 valence electrons. The van der Waals surface area contributed by atoms with E-state index >= 15 is 0 Å². The topological polar surface area (TPSA) is 0 Å². The van der Waals surface area contributed by atoms with Gasteiger partial charge in [0.2, 0.25) is 0 Å². The highest BCUT2D eigenvalue weighted by molar-refractivity contribution is 6.26. The van der Waals surface area contributed by atoms with E-state index < -0.39 is 0 Å². The second-order valence-corrected chi connectivity index (χ2v) is 11.3. The van der Waals surface area contributed by atoms with Crippen molar-refractivity contribution in [2.75, 3.05) is 0 Å². The van der Waals surface area contributed by atoms with Gasteiger partial charge in [0.25, 0.3) is 0 Å². The molecule has 0 radical (unpaired) electrons. The Morgan fingerprint density at radius 1 is 0.410 bits per heavy atom. The summed E-state index contributed by atoms with van der Waals surface area (Å²) in [6.45, 7) is 4.76. The average molecular weight is 497 g/mol. The molecule has 39 heavy (non-hydrogen) atoms. The van der Waals surface area contributed by atoms with Gasteiger partial charge < -0.3 is 0 Å². The quantitative estimate of drug-likeness (QED) is 0.209. The van der Waals surface area contributed by atoms with Crippen LogP contribution in [0.5, 0.6) is 0 Å². The summed E-state index contributed by atoms with van der Waals surface area (Å²) >= 11 is 0. The van der Waals surface area contributed by atoms with Crippen LogP contribution in [0.2, 0.25) is 0 Å². The van der Waals surface area contributed by atoms with Crippen LogP contribution in [-0.4, -0.2) is 0 Å². The fourth-order valence-electron chi connectivity index (χ4n) is 7.13. The molecule has 0 unspecified atom stereocenters. The third-order valence-electron chi connectivity index (χ3n) is 8.82. The number of rotatable bonds is 2. The molecule has 0 N–H and O–H groups in total. The van der Waals surface area contributed by atoms with E-state index in [0.717, 1.165) is 0 Å². The highest BCUT2D eigenvalue weighted by atomic mass is 14.4. The molecule has 0 amide bonds. The maximum atomic E-state index is 2.45. The lowest BCUT2D eigenvalue weighted by Gasteiger charge is -2.25. The summed E-state index contributed by atoms with van der Waals surface area (Å²) in [5.74, 6) is 0. The summed E-state index contributed by atoms with van der Waals surface area (Å²) in [7, 11) is 0. The lowest BCUT2D eigenvalue weighted by Crippen LogP contribution is -2.16. The van der Waals surface area contributed by atoms with Gasteiger partial charge in [-0.15, -0.1) is 0 Å². The molecule has 1 aliphatic rings. The van der Waals surface area contributed by atoms with E-state index in [1.165, 1.54) is 76.8 Å². The highest BCUT2D eigenvalue weighted by Gasteiger charge is 2.37. The molecule has 0 saturated carbocycles. The van der Waals surface area contributed by atoms with E-state index in [4.69, 9.17) is 0 Å². The van der Waals surface area contributed by atoms with E-state index in [-0.39, 0.29) is 5.41 Å². The van der Waals surface area contributed by atoms with Crippen molar-refractivity contribution < 1.29 is 0 Å². The zero-order valence-corrected chi connectivity index (χ0v) is 22.2. The first-order valence-corrected chi connectivity index (χ1v) is 13.8. The van der Waals surface area contributed by atoms with Gasteiger partial charge in [0.05, 0.1) is 0 Å². The SMILES string of the molecule is CC1(C)c2ccccc2-c2cccc(-c3cc4cc(-c5ccccc5)c5ccccc5c4c4ccccc34)c21. The Bertz CT molecular complexity index is 2080. The fraction of sp³-hybridized carbons (Fsp3) is 0.0769. The first-order chi connectivity index (χ1) is 19.1. The third kappa shape index (κ3) is 3.12. The van der Waals surface area contributed by atoms with Crippen molar-refractivity contribution in [2.24, 2.45) is 0 Å². The minimum absolute atomic E-state index is 0.0723. The van der Waals surface area contributed by atoms with Crippen LogP contribution >= 0.6 is 0 Å². The van der Waals surface area contributed by atoms with Gasteiger partial charge in [0.15, 0.2) is 0 Å². The van der Waals surface area contributed by atoms with Gasteiger partial charge in [0, 0.05) is 5.41 Å². The monoisotopic (exact) mass is 496 g/mol. The van der Waals surface area contributed by atoms with E-state index in [9.17, 15) is 0 Å². The summed E-state index contributed by atoms with van der Waals surface area (Å²) in [5.41, 5.74) is 10.7. The van der Waals surface area contributed by atoms with Crippen molar-refractivity contribution in [3.8, 4) is 33.4 Å². The summed E-state index contributed by atoms with van der Waals surface area (Å²) < 4.78 is 0. The van der Waals surface area contributed by atoms with Crippen molar-refractivity contribution in [2.45, 2.75) is 19.3 Å². The maximum Gasteiger partial charge on any atom is 0.0165 e. The van der Waals surface area contributed by atoms with Crippen molar-refractivity contribution in [1.29, 1.82) is 0 Å². The normalized spacial score (nSPS) is 13.6. The number of fused-ring (bicyclic) bond motifs is 8. The molecule has 1 aliphatic carbocycles. The van der Waals surface area contributed by atoms with E-state index in [1.807, 2.05) is 0 Å². The lowest BCUT2D eigenvalue weighted by atomic mass is 9.77. The average Bonchev–Trinajstić information content (AvgIpc) is 3.23. The predicted molar refractivity (Wildman–Crippen MR) is 167 cm³/mol. The van der Waals surface area contributed by atoms with Crippen LogP contribution < -0.4 is 0 Å². The minimum atomic E-state index is -0.0723. The summed E-state index contributed by atoms with van der Waals surface area (Å²) in [6, 6.07) is 49.3. The Kier molecular flexibility index (Phi) is 4.67. The second kappa shape index (κ2) is 8.16. The van der Waals surface area contributed by atoms with Crippen molar-refractivity contribution in [1.82, 2.24) is 0 Å². The zero-order valence-electron chi connectivity index (χ0n) is 22.2. The molecule has 7 aromatic rings. The van der Waals surface area contributed by atoms with Gasteiger partial charge in [-0.1, -0.05) is 135 Å². The smallest absolute Gasteiger partial charge is 0.0165 e. The Balaban J connectivity index is 1.51. The van der Waals surface area contributed by atoms with Crippen LogP contribution in [0.1, 0.15) is 25.0 Å². The first-order valence-electron chi connectivity index (χ1n) is 13.8. The minimum Gasteiger partial charge on any atom is -0.0622 e. The Morgan fingerprint density at radius 3 is 1.64 bits per heavy atom. The molecule has 0 aliphatic heterocycles. The lowest BCUT2D eigenvalue weighted by molar-refractivity contribution is 0.662. The van der Waals surface area contributed by atoms with Crippen LogP contribution in [0.4, 0.5) is 0 Å². The molecule has 0 aromatic heterocycles. The summed E-state index contributed by atoms with van der Waals surface area (Å²) in [6.07, 6.45) is 0. The molecule has 7 aromatic carbocycles. The first kappa shape index (κ1) is 22.3. The van der Waals surface area contributed by atoms with Crippen LogP contribution in [-0.2, 0) is 5.41 Å². The van der Waals surface area contributed by atoms with Gasteiger partial charge in [-0.3, -0.25) is 0 Å². The van der Waals surface area contributed by atoms with Crippen LogP contribution in [0.3, 0.4) is 0 Å². The maximum absolute atomic E-state index is 2.45. The van der Waals surface area contributed by atoms with Crippen LogP contribution in [0.15, 0.2) is 133 Å². The Morgan fingerprint density at radius 2 is 0.923 bits per heavy atom. The second-order valence-electron chi connectivity index (χ2n) is 11.3. The summed E-state index contributed by atoms with van der Waals surface area (Å²) in [5, 5.41) is 7.84. The molecule has 0 atom stereocenters. The molecule has 8 rings (SSSR count). The molecular formula is C39H28. The molecule has 0 nitrogen and oxygen atoms in total. The van der Waals surface area contributed by atoms with Gasteiger partial charge in [-0.05, 0) is 89.0 Å². The van der Waals surface area contributed by atoms with Crippen molar-refractivity contribution >= 4 is 32.3 Å². The van der Waals surface area contributed by atoms with E-state index in [2.05, 4.69) is 147 Å². The number of hydrogen-bond donors (Lipinski definition) is 0. The van der Waals surface area contributed by atoms with Gasteiger partial charge in [0.1, 0.15) is 0 Å². The van der Waals surface area contributed by atoms with Crippen molar-refractivity contribution in [3.63, 3.8) is 0 Å². The number of hydrogen-bond acceptors (Lipinski definition) is 0. The highest BCUT2D eigenvalue weighted by Crippen LogP contribution is 2.53. The summed E-state index contributed by atoms with van der Waals surface area (Å²) in [4.78, 5) is 0. The van der Waals surface area contributed by atoms with Crippen molar-refractivity contribution in [3.05, 3.63) is 145 Å². The predicted octanol–water partition coefficient (Wildman–Crippen LogP) is 10.8. The molecular weight excluding hydrogens is 468 g/mol. The van der Waals surface area contributed by atoms with Gasteiger partial charge in [-0.2, -0.15) is 0 Å². The van der Waals surface area contributed by atoms with E-state index in [0.29, 0.717) is 0 Å². The molecule has 0 saturated heterocycles. The van der Waals surface area contributed by atoms with Crippen LogP contribution in [0.25, 0.3) is 65.7 Å². The molecule has 0 heterocycles. The van der Waals surface area contributed by atoms with Gasteiger partial charge >= 0.3 is 0 Å². The third-order valence-corrected chi connectivity index (χ3v) is 8.82. The molecule has 0 fully saturated rings. The molecule has 0 spiro atoms. The fourth-order valence-corrected chi connectivity index (χ4v) is 7.13. The Hall–Kier alpha value is -4.68. The van der Waals surface area contributed by atoms with Gasteiger partial charge in [-0.25, -0.2) is 0 Å². The standard InChI is InChI=1S/C39H28/c1-39(2)36-22-11-10-17-29(36)32-20-12-21-33(38(32)39)35-24-26-23-34(25-13-4-3-5-14-25)27-15-6-8-18-30(27)37(26)31-19-9-7-16-28(31)35/h3-24H,1-2H3.